The van der Waals surface area contributed by atoms with Gasteiger partial charge in [0.05, 0.1) is 6.04 Å². The highest BCUT2D eigenvalue weighted by atomic mass is 15.2. The molecule has 1 heterocycles. The molecule has 3 heteroatoms. The normalized spacial score (nSPS) is 21.9. The summed E-state index contributed by atoms with van der Waals surface area (Å²) in [5.41, 5.74) is 4.88. The van der Waals surface area contributed by atoms with Gasteiger partial charge in [0, 0.05) is 17.8 Å². The lowest BCUT2D eigenvalue weighted by Crippen LogP contribution is -2.31. The minimum atomic E-state index is 0.160. The van der Waals surface area contributed by atoms with Crippen LogP contribution in [0.15, 0.2) is 36.7 Å². The van der Waals surface area contributed by atoms with Gasteiger partial charge < -0.3 is 0 Å². The number of nitrogens with one attached hydrogen (secondary N) is 1. The van der Waals surface area contributed by atoms with E-state index in [2.05, 4.69) is 62.4 Å². The zero-order valence-electron chi connectivity index (χ0n) is 12.6. The maximum Gasteiger partial charge on any atom is 0.0505 e. The summed E-state index contributed by atoms with van der Waals surface area (Å²) in [7, 11) is 0. The Bertz CT molecular complexity index is 626. The summed E-state index contributed by atoms with van der Waals surface area (Å²) in [4.78, 5) is 4.27. The quantitative estimate of drug-likeness (QED) is 0.663. The second-order valence-corrected chi connectivity index (χ2v) is 7.01. The summed E-state index contributed by atoms with van der Waals surface area (Å²) in [5, 5.41) is 2.41. The molecule has 20 heavy (non-hydrogen) atoms. The fourth-order valence-corrected chi connectivity index (χ4v) is 3.85. The first-order valence-electron chi connectivity index (χ1n) is 7.20. The lowest BCUT2D eigenvalue weighted by atomic mass is 9.93. The summed E-state index contributed by atoms with van der Waals surface area (Å²) < 4.78 is 0. The molecule has 0 radical (unpaired) electrons. The highest BCUT2D eigenvalue weighted by Crippen LogP contribution is 2.72. The smallest absolute Gasteiger partial charge is 0.0505 e. The van der Waals surface area contributed by atoms with E-state index in [1.54, 1.807) is 0 Å². The van der Waals surface area contributed by atoms with Gasteiger partial charge in [0.2, 0.25) is 0 Å². The number of benzene rings is 1. The molecule has 2 aromatic rings. The van der Waals surface area contributed by atoms with Crippen molar-refractivity contribution in [2.75, 3.05) is 0 Å². The average molecular weight is 269 g/mol. The van der Waals surface area contributed by atoms with E-state index in [-0.39, 0.29) is 16.9 Å². The van der Waals surface area contributed by atoms with Gasteiger partial charge in [0.1, 0.15) is 0 Å². The number of aromatic nitrogens is 1. The Morgan fingerprint density at radius 3 is 2.45 bits per heavy atom. The van der Waals surface area contributed by atoms with Gasteiger partial charge in [-0.1, -0.05) is 45.9 Å². The summed E-state index contributed by atoms with van der Waals surface area (Å²) in [6.07, 6.45) is 3.78. The molecule has 0 amide bonds. The van der Waals surface area contributed by atoms with Crippen molar-refractivity contribution in [3.8, 4) is 0 Å². The Labute approximate surface area is 120 Å². The van der Waals surface area contributed by atoms with Crippen LogP contribution in [0.4, 0.5) is 0 Å². The number of hydrogen-bond donors (Lipinski definition) is 2. The molecule has 1 aliphatic carbocycles. The average Bonchev–Trinajstić information content (AvgIpc) is 2.83. The second kappa shape index (κ2) is 4.27. The van der Waals surface area contributed by atoms with E-state index in [1.807, 2.05) is 12.4 Å². The standard InChI is InChI=1S/C17H23N3/c1-16(2)15(17(16,3)4)14(20-18)12-7-5-6-11-8-9-19-10-13(11)12/h5-10,14-15,20H,18H2,1-4H3. The third-order valence-corrected chi connectivity index (χ3v) is 5.70. The molecule has 1 fully saturated rings. The van der Waals surface area contributed by atoms with Crippen LogP contribution in [0.25, 0.3) is 10.8 Å². The van der Waals surface area contributed by atoms with Crippen molar-refractivity contribution >= 4 is 10.8 Å². The molecule has 1 aromatic heterocycles. The zero-order chi connectivity index (χ0) is 14.5. The van der Waals surface area contributed by atoms with Gasteiger partial charge in [0.25, 0.3) is 0 Å². The van der Waals surface area contributed by atoms with Gasteiger partial charge in [-0.05, 0) is 33.8 Å². The predicted octanol–water partition coefficient (Wildman–Crippen LogP) is 3.42. The van der Waals surface area contributed by atoms with E-state index in [4.69, 9.17) is 5.84 Å². The van der Waals surface area contributed by atoms with Crippen molar-refractivity contribution in [2.24, 2.45) is 22.6 Å². The van der Waals surface area contributed by atoms with Crippen molar-refractivity contribution in [3.63, 3.8) is 0 Å². The molecule has 0 saturated heterocycles. The van der Waals surface area contributed by atoms with Crippen LogP contribution in [0, 0.1) is 16.7 Å². The van der Waals surface area contributed by atoms with Gasteiger partial charge in [0.15, 0.2) is 0 Å². The number of pyridine rings is 1. The molecule has 106 valence electrons. The number of hydrogen-bond acceptors (Lipinski definition) is 3. The molecule has 1 aromatic carbocycles. The highest BCUT2D eigenvalue weighted by molar-refractivity contribution is 5.85. The zero-order valence-corrected chi connectivity index (χ0v) is 12.6. The number of nitrogens with zero attached hydrogens (tertiary/aromatic N) is 1. The second-order valence-electron chi connectivity index (χ2n) is 7.01. The SMILES string of the molecule is CC1(C)C(C(NN)c2cccc3ccncc23)C1(C)C. The molecule has 0 spiro atoms. The van der Waals surface area contributed by atoms with Crippen LogP contribution in [0.2, 0.25) is 0 Å². The minimum Gasteiger partial charge on any atom is -0.271 e. The number of nitrogens with two attached hydrogens (primary N) is 1. The van der Waals surface area contributed by atoms with E-state index in [9.17, 15) is 0 Å². The molecule has 1 aliphatic rings. The minimum absolute atomic E-state index is 0.160. The van der Waals surface area contributed by atoms with Crippen LogP contribution < -0.4 is 11.3 Å². The van der Waals surface area contributed by atoms with Gasteiger partial charge in [-0.15, -0.1) is 0 Å². The van der Waals surface area contributed by atoms with Crippen molar-refractivity contribution < 1.29 is 0 Å². The number of hydrazine groups is 1. The third kappa shape index (κ3) is 1.70. The van der Waals surface area contributed by atoms with Crippen LogP contribution in [0.3, 0.4) is 0 Å². The Balaban J connectivity index is 2.10. The predicted molar refractivity (Wildman–Crippen MR) is 82.9 cm³/mol. The van der Waals surface area contributed by atoms with E-state index >= 15 is 0 Å². The Morgan fingerprint density at radius 2 is 1.85 bits per heavy atom. The van der Waals surface area contributed by atoms with Crippen LogP contribution in [0.1, 0.15) is 39.3 Å². The largest absolute Gasteiger partial charge is 0.271 e. The van der Waals surface area contributed by atoms with Gasteiger partial charge >= 0.3 is 0 Å². The maximum atomic E-state index is 5.91. The summed E-state index contributed by atoms with van der Waals surface area (Å²) in [6.45, 7) is 9.30. The van der Waals surface area contributed by atoms with Gasteiger partial charge in [-0.2, -0.15) is 0 Å². The monoisotopic (exact) mass is 269 g/mol. The van der Waals surface area contributed by atoms with Crippen molar-refractivity contribution in [2.45, 2.75) is 33.7 Å². The first-order chi connectivity index (χ1) is 9.41. The summed E-state index contributed by atoms with van der Waals surface area (Å²) >= 11 is 0. The third-order valence-electron chi connectivity index (χ3n) is 5.70. The molecule has 3 nitrogen and oxygen atoms in total. The molecule has 3 N–H and O–H groups in total. The van der Waals surface area contributed by atoms with Crippen LogP contribution in [-0.2, 0) is 0 Å². The van der Waals surface area contributed by atoms with Gasteiger partial charge in [-0.3, -0.25) is 16.3 Å². The van der Waals surface area contributed by atoms with E-state index in [0.29, 0.717) is 5.92 Å². The summed E-state index contributed by atoms with van der Waals surface area (Å²) in [6, 6.07) is 8.60. The lowest BCUT2D eigenvalue weighted by Gasteiger charge is -2.20. The van der Waals surface area contributed by atoms with Crippen LogP contribution >= 0.6 is 0 Å². The maximum absolute atomic E-state index is 5.91. The molecule has 3 rings (SSSR count). The molecule has 0 bridgehead atoms. The Morgan fingerprint density at radius 1 is 1.15 bits per heavy atom. The topological polar surface area (TPSA) is 50.9 Å². The van der Waals surface area contributed by atoms with E-state index in [0.717, 1.165) is 0 Å². The van der Waals surface area contributed by atoms with E-state index < -0.39 is 0 Å². The summed E-state index contributed by atoms with van der Waals surface area (Å²) in [5.74, 6) is 6.43. The fraction of sp³-hybridized carbons (Fsp3) is 0.471. The molecular formula is C17H23N3. The molecule has 1 unspecified atom stereocenters. The van der Waals surface area contributed by atoms with E-state index in [1.165, 1.54) is 16.3 Å². The number of rotatable bonds is 3. The molecule has 1 atom stereocenters. The van der Waals surface area contributed by atoms with Gasteiger partial charge in [-0.25, -0.2) is 0 Å². The Hall–Kier alpha value is -1.45. The van der Waals surface area contributed by atoms with Crippen LogP contribution in [-0.4, -0.2) is 4.98 Å². The number of fused-ring (bicyclic) bond motifs is 1. The van der Waals surface area contributed by atoms with Crippen molar-refractivity contribution in [3.05, 3.63) is 42.2 Å². The molecule has 0 aliphatic heterocycles. The van der Waals surface area contributed by atoms with Crippen molar-refractivity contribution in [1.29, 1.82) is 0 Å². The first-order valence-corrected chi connectivity index (χ1v) is 7.20. The highest BCUT2D eigenvalue weighted by Gasteiger charge is 2.67. The lowest BCUT2D eigenvalue weighted by molar-refractivity contribution is 0.420. The van der Waals surface area contributed by atoms with Crippen LogP contribution in [0.5, 0.6) is 0 Å². The fourth-order valence-electron chi connectivity index (χ4n) is 3.85. The molecular weight excluding hydrogens is 246 g/mol. The van der Waals surface area contributed by atoms with Crippen molar-refractivity contribution in [1.82, 2.24) is 10.4 Å². The Kier molecular flexibility index (Phi) is 2.89. The first kappa shape index (κ1) is 13.5. The molecule has 1 saturated carbocycles.